The Labute approximate surface area is 173 Å². The molecule has 29 heavy (non-hydrogen) atoms. The minimum absolute atomic E-state index is 0.295. The second kappa shape index (κ2) is 8.46. The standard InChI is InChI=1S/C21H18ClN5O2/c1-21(19(25-27-26-21)15-7-9-16(22)10-8-15)28-14-12-17-11-13-23-20(24-17)29-18-5-3-2-4-6-18/h2-11,13H,12,14H2,1H3. The molecule has 0 spiro atoms. The van der Waals surface area contributed by atoms with Gasteiger partial charge >= 0.3 is 6.01 Å². The number of hydrogen-bond acceptors (Lipinski definition) is 7. The summed E-state index contributed by atoms with van der Waals surface area (Å²) in [6.45, 7) is 2.21. The highest BCUT2D eigenvalue weighted by Crippen LogP contribution is 2.27. The maximum absolute atomic E-state index is 6.02. The lowest BCUT2D eigenvalue weighted by molar-refractivity contribution is 0.0283. The molecule has 146 valence electrons. The van der Waals surface area contributed by atoms with Gasteiger partial charge in [-0.25, -0.2) is 4.98 Å². The van der Waals surface area contributed by atoms with Crippen molar-refractivity contribution in [3.63, 3.8) is 0 Å². The van der Waals surface area contributed by atoms with Crippen molar-refractivity contribution in [2.75, 3.05) is 6.61 Å². The smallest absolute Gasteiger partial charge is 0.322 e. The third-order valence-electron chi connectivity index (χ3n) is 4.32. The molecule has 1 aliphatic rings. The summed E-state index contributed by atoms with van der Waals surface area (Å²) in [7, 11) is 0. The first-order chi connectivity index (χ1) is 14.1. The molecule has 3 aromatic rings. The Hall–Kier alpha value is -3.16. The largest absolute Gasteiger partial charge is 0.424 e. The zero-order valence-electron chi connectivity index (χ0n) is 15.7. The quantitative estimate of drug-likeness (QED) is 0.547. The van der Waals surface area contributed by atoms with Crippen LogP contribution in [0.4, 0.5) is 0 Å². The summed E-state index contributed by atoms with van der Waals surface area (Å²) in [5.74, 6) is 0.684. The van der Waals surface area contributed by atoms with Gasteiger partial charge in [-0.3, -0.25) is 0 Å². The lowest BCUT2D eigenvalue weighted by Crippen LogP contribution is -2.35. The molecule has 0 fully saturated rings. The van der Waals surface area contributed by atoms with Crippen LogP contribution < -0.4 is 4.74 Å². The van der Waals surface area contributed by atoms with Crippen LogP contribution in [0.5, 0.6) is 11.8 Å². The molecule has 2 aromatic carbocycles. The van der Waals surface area contributed by atoms with Crippen LogP contribution in [0.1, 0.15) is 18.2 Å². The van der Waals surface area contributed by atoms with Gasteiger partial charge in [0.05, 0.1) is 6.61 Å². The molecule has 7 nitrogen and oxygen atoms in total. The van der Waals surface area contributed by atoms with E-state index in [1.165, 1.54) is 0 Å². The number of para-hydroxylation sites is 1. The Morgan fingerprint density at radius 2 is 1.79 bits per heavy atom. The highest BCUT2D eigenvalue weighted by molar-refractivity contribution is 6.30. The van der Waals surface area contributed by atoms with E-state index in [0.29, 0.717) is 35.5 Å². The Balaban J connectivity index is 1.38. The molecular formula is C21H18ClN5O2. The fourth-order valence-electron chi connectivity index (χ4n) is 2.84. The Bertz CT molecular complexity index is 1040. The number of ether oxygens (including phenoxy) is 2. The molecule has 0 bridgehead atoms. The van der Waals surface area contributed by atoms with Gasteiger partial charge in [0.2, 0.25) is 5.72 Å². The van der Waals surface area contributed by atoms with E-state index in [2.05, 4.69) is 25.4 Å². The van der Waals surface area contributed by atoms with Gasteiger partial charge in [0, 0.05) is 28.9 Å². The molecule has 1 unspecified atom stereocenters. The lowest BCUT2D eigenvalue weighted by Gasteiger charge is -2.22. The molecule has 0 aliphatic carbocycles. The average Bonchev–Trinajstić information content (AvgIpc) is 3.11. The van der Waals surface area contributed by atoms with Crippen LogP contribution in [-0.2, 0) is 11.2 Å². The second-order valence-corrected chi connectivity index (χ2v) is 6.91. The zero-order chi connectivity index (χ0) is 20.1. The molecule has 8 heteroatoms. The molecular weight excluding hydrogens is 390 g/mol. The van der Waals surface area contributed by atoms with E-state index in [4.69, 9.17) is 21.1 Å². The molecule has 2 heterocycles. The average molecular weight is 408 g/mol. The van der Waals surface area contributed by atoms with E-state index >= 15 is 0 Å². The third kappa shape index (κ3) is 4.64. The summed E-state index contributed by atoms with van der Waals surface area (Å²) in [6.07, 6.45) is 2.23. The summed E-state index contributed by atoms with van der Waals surface area (Å²) < 4.78 is 11.7. The van der Waals surface area contributed by atoms with Crippen molar-refractivity contribution in [3.8, 4) is 11.8 Å². The number of nitrogens with zero attached hydrogens (tertiary/aromatic N) is 5. The molecule has 0 radical (unpaired) electrons. The Morgan fingerprint density at radius 3 is 2.59 bits per heavy atom. The molecule has 1 atom stereocenters. The first-order valence-corrected chi connectivity index (χ1v) is 9.45. The monoisotopic (exact) mass is 407 g/mol. The summed E-state index contributed by atoms with van der Waals surface area (Å²) in [6, 6.07) is 18.9. The number of benzene rings is 2. The number of rotatable bonds is 7. The number of aromatic nitrogens is 2. The van der Waals surface area contributed by atoms with E-state index in [0.717, 1.165) is 11.3 Å². The van der Waals surface area contributed by atoms with Gasteiger partial charge in [0.1, 0.15) is 11.5 Å². The summed E-state index contributed by atoms with van der Waals surface area (Å²) >= 11 is 5.96. The summed E-state index contributed by atoms with van der Waals surface area (Å²) in [4.78, 5) is 8.58. The van der Waals surface area contributed by atoms with Crippen molar-refractivity contribution in [3.05, 3.63) is 83.1 Å². The first-order valence-electron chi connectivity index (χ1n) is 9.07. The molecule has 1 aromatic heterocycles. The van der Waals surface area contributed by atoms with E-state index in [1.54, 1.807) is 18.3 Å². The third-order valence-corrected chi connectivity index (χ3v) is 4.57. The van der Waals surface area contributed by atoms with E-state index < -0.39 is 5.72 Å². The summed E-state index contributed by atoms with van der Waals surface area (Å²) in [5, 5.41) is 12.8. The fraction of sp³-hybridized carbons (Fsp3) is 0.190. The van der Waals surface area contributed by atoms with Gasteiger partial charge in [-0.05, 0) is 42.5 Å². The topological polar surface area (TPSA) is 81.3 Å². The Kier molecular flexibility index (Phi) is 5.59. The first kappa shape index (κ1) is 19.2. The maximum Gasteiger partial charge on any atom is 0.322 e. The van der Waals surface area contributed by atoms with Crippen LogP contribution >= 0.6 is 11.6 Å². The van der Waals surface area contributed by atoms with Gasteiger partial charge in [0.25, 0.3) is 0 Å². The minimum Gasteiger partial charge on any atom is -0.424 e. The predicted molar refractivity (Wildman–Crippen MR) is 109 cm³/mol. The minimum atomic E-state index is -0.954. The fourth-order valence-corrected chi connectivity index (χ4v) is 2.96. The van der Waals surface area contributed by atoms with Gasteiger partial charge < -0.3 is 9.47 Å². The lowest BCUT2D eigenvalue weighted by atomic mass is 10.0. The van der Waals surface area contributed by atoms with Crippen molar-refractivity contribution < 1.29 is 9.47 Å². The van der Waals surface area contributed by atoms with Crippen molar-refractivity contribution in [1.82, 2.24) is 9.97 Å². The van der Waals surface area contributed by atoms with Crippen molar-refractivity contribution in [1.29, 1.82) is 0 Å². The van der Waals surface area contributed by atoms with Gasteiger partial charge in [-0.2, -0.15) is 4.98 Å². The normalized spacial score (nSPS) is 17.9. The van der Waals surface area contributed by atoms with Crippen molar-refractivity contribution >= 4 is 17.3 Å². The van der Waals surface area contributed by atoms with Gasteiger partial charge in [-0.1, -0.05) is 41.9 Å². The highest BCUT2D eigenvalue weighted by atomic mass is 35.5. The van der Waals surface area contributed by atoms with Crippen molar-refractivity contribution in [2.45, 2.75) is 19.1 Å². The predicted octanol–water partition coefficient (Wildman–Crippen LogP) is 5.07. The van der Waals surface area contributed by atoms with Crippen LogP contribution in [-0.4, -0.2) is 28.0 Å². The van der Waals surface area contributed by atoms with E-state index in [9.17, 15) is 0 Å². The van der Waals surface area contributed by atoms with Crippen LogP contribution in [0.15, 0.2) is 82.3 Å². The van der Waals surface area contributed by atoms with Crippen LogP contribution in [0, 0.1) is 0 Å². The molecule has 4 rings (SSSR count). The zero-order valence-corrected chi connectivity index (χ0v) is 16.5. The van der Waals surface area contributed by atoms with Crippen LogP contribution in [0.25, 0.3) is 0 Å². The second-order valence-electron chi connectivity index (χ2n) is 6.47. The molecule has 0 amide bonds. The SMILES string of the molecule is CC1(OCCc2ccnc(Oc3ccccc3)n2)N=NN=C1c1ccc(Cl)cc1. The maximum atomic E-state index is 6.02. The Morgan fingerprint density at radius 1 is 1.00 bits per heavy atom. The number of hydrogen-bond donors (Lipinski definition) is 0. The van der Waals surface area contributed by atoms with Gasteiger partial charge in [-0.15, -0.1) is 10.2 Å². The van der Waals surface area contributed by atoms with Crippen LogP contribution in [0.3, 0.4) is 0 Å². The molecule has 0 N–H and O–H groups in total. The molecule has 0 saturated carbocycles. The van der Waals surface area contributed by atoms with E-state index in [-0.39, 0.29) is 0 Å². The van der Waals surface area contributed by atoms with E-state index in [1.807, 2.05) is 55.5 Å². The summed E-state index contributed by atoms with van der Waals surface area (Å²) in [5.41, 5.74) is 1.35. The van der Waals surface area contributed by atoms with Gasteiger partial charge in [0.15, 0.2) is 0 Å². The highest BCUT2D eigenvalue weighted by Gasteiger charge is 2.36. The van der Waals surface area contributed by atoms with Crippen molar-refractivity contribution in [2.24, 2.45) is 15.4 Å². The molecule has 0 saturated heterocycles. The molecule has 1 aliphatic heterocycles. The van der Waals surface area contributed by atoms with Crippen LogP contribution in [0.2, 0.25) is 5.02 Å². The number of halogens is 1.